The molecule has 168 valence electrons. The smallest absolute Gasteiger partial charge is 0.354 e. The summed E-state index contributed by atoms with van der Waals surface area (Å²) >= 11 is 0. The fourth-order valence-electron chi connectivity index (χ4n) is 3.73. The van der Waals surface area contributed by atoms with Crippen LogP contribution in [0.4, 0.5) is 4.39 Å². The minimum Gasteiger partial charge on any atom is -0.464 e. The molecule has 1 atom stereocenters. The summed E-state index contributed by atoms with van der Waals surface area (Å²) in [5.74, 6) is -1.39. The number of aromatic nitrogens is 1. The Bertz CT molecular complexity index is 994. The molecular weight excluding hydrogens is 399 g/mol. The van der Waals surface area contributed by atoms with Crippen molar-refractivity contribution >= 4 is 17.7 Å². The molecule has 1 aromatic carbocycles. The van der Waals surface area contributed by atoms with Crippen LogP contribution in [-0.2, 0) is 11.8 Å². The average Bonchev–Trinajstić information content (AvgIpc) is 2.94. The number of halogens is 1. The fourth-order valence-corrected chi connectivity index (χ4v) is 3.73. The minimum atomic E-state index is -0.792. The SMILES string of the molecule is COC(=O)c1c(C)c(C(=O)[C@H](C)N(CCC(C)C)C(=O)c2cccc(F)c2)c(C)n1C. The Hall–Kier alpha value is -2.96. The van der Waals surface area contributed by atoms with Crippen LogP contribution < -0.4 is 0 Å². The molecule has 1 amide bonds. The van der Waals surface area contributed by atoms with E-state index < -0.39 is 23.7 Å². The van der Waals surface area contributed by atoms with Crippen molar-refractivity contribution in [3.05, 3.63) is 58.2 Å². The Morgan fingerprint density at radius 1 is 1.16 bits per heavy atom. The van der Waals surface area contributed by atoms with E-state index in [9.17, 15) is 18.8 Å². The van der Waals surface area contributed by atoms with Crippen LogP contribution in [0.5, 0.6) is 0 Å². The highest BCUT2D eigenvalue weighted by molar-refractivity contribution is 6.07. The molecule has 0 aliphatic carbocycles. The first-order chi connectivity index (χ1) is 14.5. The number of nitrogens with zero attached hydrogens (tertiary/aromatic N) is 2. The number of ketones is 1. The van der Waals surface area contributed by atoms with Crippen molar-refractivity contribution < 1.29 is 23.5 Å². The molecule has 2 aromatic rings. The molecule has 7 heteroatoms. The van der Waals surface area contributed by atoms with Gasteiger partial charge in [0.15, 0.2) is 5.78 Å². The van der Waals surface area contributed by atoms with E-state index in [2.05, 4.69) is 0 Å². The Morgan fingerprint density at radius 3 is 2.35 bits per heavy atom. The number of Topliss-reactive ketones (excluding diaryl/α,β-unsaturated/α-hetero) is 1. The van der Waals surface area contributed by atoms with Crippen LogP contribution in [0.3, 0.4) is 0 Å². The van der Waals surface area contributed by atoms with Crippen molar-refractivity contribution in [2.75, 3.05) is 13.7 Å². The first-order valence-corrected chi connectivity index (χ1v) is 10.4. The quantitative estimate of drug-likeness (QED) is 0.462. The second kappa shape index (κ2) is 9.90. The van der Waals surface area contributed by atoms with Gasteiger partial charge < -0.3 is 14.2 Å². The number of amides is 1. The van der Waals surface area contributed by atoms with Crippen molar-refractivity contribution in [1.82, 2.24) is 9.47 Å². The number of carbonyl (C=O) groups is 3. The summed E-state index contributed by atoms with van der Waals surface area (Å²) in [6.07, 6.45) is 0.693. The number of carbonyl (C=O) groups excluding carboxylic acids is 3. The molecule has 0 fully saturated rings. The summed E-state index contributed by atoms with van der Waals surface area (Å²) in [5, 5.41) is 0. The fraction of sp³-hybridized carbons (Fsp3) is 0.458. The molecule has 2 rings (SSSR count). The maximum Gasteiger partial charge on any atom is 0.354 e. The predicted octanol–water partition coefficient (Wildman–Crippen LogP) is 4.33. The monoisotopic (exact) mass is 430 g/mol. The second-order valence-corrected chi connectivity index (χ2v) is 8.22. The molecule has 6 nitrogen and oxygen atoms in total. The molecule has 0 unspecified atom stereocenters. The van der Waals surface area contributed by atoms with Gasteiger partial charge in [0, 0.05) is 30.4 Å². The lowest BCUT2D eigenvalue weighted by molar-refractivity contribution is 0.0587. The van der Waals surface area contributed by atoms with E-state index >= 15 is 0 Å². The zero-order valence-electron chi connectivity index (χ0n) is 19.3. The third kappa shape index (κ3) is 5.03. The van der Waals surface area contributed by atoms with Crippen molar-refractivity contribution in [1.29, 1.82) is 0 Å². The Morgan fingerprint density at radius 2 is 1.81 bits per heavy atom. The highest BCUT2D eigenvalue weighted by atomic mass is 19.1. The van der Waals surface area contributed by atoms with Crippen LogP contribution in [-0.4, -0.2) is 46.8 Å². The number of rotatable bonds is 8. The Balaban J connectivity index is 2.47. The molecule has 1 aromatic heterocycles. The van der Waals surface area contributed by atoms with E-state index in [0.717, 1.165) is 0 Å². The molecule has 0 aliphatic rings. The third-order valence-electron chi connectivity index (χ3n) is 5.68. The molecule has 0 N–H and O–H groups in total. The lowest BCUT2D eigenvalue weighted by atomic mass is 9.98. The predicted molar refractivity (Wildman–Crippen MR) is 117 cm³/mol. The largest absolute Gasteiger partial charge is 0.464 e. The highest BCUT2D eigenvalue weighted by Gasteiger charge is 2.32. The summed E-state index contributed by atoms with van der Waals surface area (Å²) in [7, 11) is 2.99. The van der Waals surface area contributed by atoms with Gasteiger partial charge >= 0.3 is 5.97 Å². The van der Waals surface area contributed by atoms with Crippen molar-refractivity contribution in [2.24, 2.45) is 13.0 Å². The number of methoxy groups -OCH3 is 1. The van der Waals surface area contributed by atoms with Gasteiger partial charge in [-0.05, 0) is 56.9 Å². The van der Waals surface area contributed by atoms with Gasteiger partial charge in [-0.1, -0.05) is 19.9 Å². The molecule has 0 spiro atoms. The van der Waals surface area contributed by atoms with Gasteiger partial charge in [0.25, 0.3) is 5.91 Å². The Kier molecular flexibility index (Phi) is 7.76. The molecule has 0 radical (unpaired) electrons. The van der Waals surface area contributed by atoms with Gasteiger partial charge in [-0.25, -0.2) is 9.18 Å². The van der Waals surface area contributed by atoms with Crippen LogP contribution in [0.15, 0.2) is 24.3 Å². The molecule has 0 aliphatic heterocycles. The van der Waals surface area contributed by atoms with Crippen molar-refractivity contribution in [3.63, 3.8) is 0 Å². The van der Waals surface area contributed by atoms with Crippen LogP contribution >= 0.6 is 0 Å². The normalized spacial score (nSPS) is 12.0. The molecule has 31 heavy (non-hydrogen) atoms. The van der Waals surface area contributed by atoms with Crippen molar-refractivity contribution in [2.45, 2.75) is 47.1 Å². The summed E-state index contributed by atoms with van der Waals surface area (Å²) in [6.45, 7) is 9.55. The average molecular weight is 431 g/mol. The van der Waals surface area contributed by atoms with E-state index in [1.807, 2.05) is 13.8 Å². The topological polar surface area (TPSA) is 68.6 Å². The van der Waals surface area contributed by atoms with E-state index in [0.29, 0.717) is 41.4 Å². The maximum atomic E-state index is 13.7. The first-order valence-electron chi connectivity index (χ1n) is 10.4. The number of hydrogen-bond acceptors (Lipinski definition) is 4. The van der Waals surface area contributed by atoms with Crippen LogP contribution in [0.25, 0.3) is 0 Å². The standard InChI is InChI=1S/C24H31FN2O4/c1-14(2)11-12-27(23(29)18-9-8-10-19(25)13-18)17(5)22(28)20-15(3)21(24(30)31-7)26(6)16(20)4/h8-10,13-14,17H,11-12H2,1-7H3/t17-/m0/s1. The second-order valence-electron chi connectivity index (χ2n) is 8.22. The summed E-state index contributed by atoms with van der Waals surface area (Å²) in [5.41, 5.74) is 2.04. The van der Waals surface area contributed by atoms with Gasteiger partial charge in [-0.2, -0.15) is 0 Å². The molecular formula is C24H31FN2O4. The van der Waals surface area contributed by atoms with E-state index in [-0.39, 0.29) is 11.3 Å². The summed E-state index contributed by atoms with van der Waals surface area (Å²) in [6, 6.07) is 4.67. The van der Waals surface area contributed by atoms with Gasteiger partial charge in [0.1, 0.15) is 11.5 Å². The van der Waals surface area contributed by atoms with E-state index in [1.165, 1.54) is 30.2 Å². The Labute approximate surface area is 183 Å². The maximum absolute atomic E-state index is 13.7. The lowest BCUT2D eigenvalue weighted by Gasteiger charge is -2.29. The van der Waals surface area contributed by atoms with E-state index in [4.69, 9.17) is 4.74 Å². The van der Waals surface area contributed by atoms with Gasteiger partial charge in [-0.3, -0.25) is 9.59 Å². The van der Waals surface area contributed by atoms with Crippen LogP contribution in [0.2, 0.25) is 0 Å². The molecule has 0 saturated carbocycles. The summed E-state index contributed by atoms with van der Waals surface area (Å²) in [4.78, 5) is 40.4. The van der Waals surface area contributed by atoms with E-state index in [1.54, 1.807) is 38.5 Å². The molecule has 0 bridgehead atoms. The summed E-state index contributed by atoms with van der Waals surface area (Å²) < 4.78 is 20.2. The number of hydrogen-bond donors (Lipinski definition) is 0. The van der Waals surface area contributed by atoms with Gasteiger partial charge in [0.05, 0.1) is 13.2 Å². The number of benzene rings is 1. The lowest BCUT2D eigenvalue weighted by Crippen LogP contribution is -2.44. The zero-order chi connectivity index (χ0) is 23.5. The minimum absolute atomic E-state index is 0.195. The first kappa shape index (κ1) is 24.3. The highest BCUT2D eigenvalue weighted by Crippen LogP contribution is 2.25. The van der Waals surface area contributed by atoms with Gasteiger partial charge in [-0.15, -0.1) is 0 Å². The van der Waals surface area contributed by atoms with Gasteiger partial charge in [0.2, 0.25) is 0 Å². The van der Waals surface area contributed by atoms with Crippen molar-refractivity contribution in [3.8, 4) is 0 Å². The van der Waals surface area contributed by atoms with Crippen LogP contribution in [0.1, 0.15) is 69.7 Å². The molecule has 1 heterocycles. The zero-order valence-corrected chi connectivity index (χ0v) is 19.3. The van der Waals surface area contributed by atoms with Crippen LogP contribution in [0, 0.1) is 25.6 Å². The molecule has 0 saturated heterocycles. The number of ether oxygens (including phenoxy) is 1. The number of esters is 1. The third-order valence-corrected chi connectivity index (χ3v) is 5.68.